The van der Waals surface area contributed by atoms with Crippen molar-refractivity contribution in [1.82, 2.24) is 0 Å². The predicted octanol–water partition coefficient (Wildman–Crippen LogP) is -15.7. The smallest absolute Gasteiger partial charge is 0 e. The number of carbonyl (C=O) groups is 2. The van der Waals surface area contributed by atoms with Gasteiger partial charge in [-0.05, 0) is 0 Å². The zero-order valence-corrected chi connectivity index (χ0v) is 34.3. The van der Waals surface area contributed by atoms with E-state index in [1.807, 2.05) is 0 Å². The summed E-state index contributed by atoms with van der Waals surface area (Å²) in [6.45, 7) is -2.63. The van der Waals surface area contributed by atoms with Crippen molar-refractivity contribution in [1.29, 1.82) is 0 Å². The maximum Gasteiger partial charge on any atom is 0 e. The molecule has 1 aliphatic heterocycles. The molecule has 1 saturated heterocycles. The summed E-state index contributed by atoms with van der Waals surface area (Å²) < 4.78 is 62.1. The van der Waals surface area contributed by atoms with Gasteiger partial charge in [-0.15, -0.1) is 0 Å². The third kappa shape index (κ3) is 24.5. The van der Waals surface area contributed by atoms with Gasteiger partial charge in [-0.2, -0.15) is 0 Å². The van der Waals surface area contributed by atoms with Crippen LogP contribution in [0.2, 0.25) is 0 Å². The van der Waals surface area contributed by atoms with Gasteiger partial charge in [-0.25, -0.2) is 0 Å². The molecule has 1 rings (SSSR count). The molecule has 0 saturated carbocycles. The van der Waals surface area contributed by atoms with Crippen LogP contribution in [0, 0.1) is 0 Å². The molecule has 0 aromatic rings. The number of aliphatic hydroxyl groups excluding tert-OH is 6. The normalized spacial score (nSPS) is 30.3. The largest absolute Gasteiger partial charge is 0 e. The molecule has 0 spiro atoms. The monoisotopic (exact) mass is 927 g/mol. The van der Waals surface area contributed by atoms with E-state index in [1.165, 1.54) is 0 Å². The number of carboxylic acids is 2. The molecule has 0 amide bonds. The fraction of sp³-hybridized carbons (Fsp3) is 0.833. The molecule has 27 nitrogen and oxygen atoms in total. The van der Waals surface area contributed by atoms with E-state index in [0.717, 1.165) is 0 Å². The number of hydrogen-bond acceptors (Lipinski definition) is 14. The van der Waals surface area contributed by atoms with Crippen molar-refractivity contribution < 1.29 is 125 Å². The van der Waals surface area contributed by atoms with E-state index in [2.05, 4.69) is 12.1 Å². The summed E-state index contributed by atoms with van der Waals surface area (Å²) in [4.78, 5) is 22.9. The molecule has 0 bridgehead atoms. The van der Waals surface area contributed by atoms with Crippen LogP contribution < -0.4 is 0 Å². The Balaban J connectivity index is -0.0000000853. The molecule has 0 aromatic heterocycles. The molecule has 28 N–H and O–H groups in total. The Hall–Kier alpha value is 2.34. The van der Waals surface area contributed by atoms with E-state index < -0.39 is 114 Å². The third-order valence-corrected chi connectivity index (χ3v) is 9.64. The van der Waals surface area contributed by atoms with Crippen molar-refractivity contribution >= 4 is 141 Å². The van der Waals surface area contributed by atoms with Crippen LogP contribution in [0.5, 0.6) is 0 Å². The fourth-order valence-electron chi connectivity index (χ4n) is 2.42. The summed E-state index contributed by atoms with van der Waals surface area (Å²) in [5.74, 6) is -4.37. The quantitative estimate of drug-likeness (QED) is 0.111. The second-order valence-electron chi connectivity index (χ2n) is 6.29. The number of rotatable bonds is 6. The Morgan fingerprint density at radius 2 is 0.773 bits per heavy atom. The van der Waals surface area contributed by atoms with E-state index in [4.69, 9.17) is 10.2 Å². The Morgan fingerprint density at radius 3 is 0.932 bits per heavy atom. The average Bonchev–Trinajstić information content (AvgIpc) is 2.69. The molecule has 263 valence electrons. The maximum atomic E-state index is 12.3. The fourth-order valence-corrected chi connectivity index (χ4v) is 8.84. The molecule has 1 heterocycles. The Labute approximate surface area is 323 Å². The number of hydrogen-bond donors (Lipinski definition) is 10. The molecule has 1 fully saturated rings. The van der Waals surface area contributed by atoms with Crippen molar-refractivity contribution in [2.75, 3.05) is 13.2 Å². The van der Waals surface area contributed by atoms with Crippen LogP contribution >= 0.6 is 0 Å². The zero-order valence-electron chi connectivity index (χ0n) is 23.2. The molecule has 32 heteroatoms. The Morgan fingerprint density at radius 1 is 0.568 bits per heavy atom. The molecule has 10 atom stereocenters. The minimum Gasteiger partial charge on any atom is 0 e. The molecular weight excluding hydrogens is 889 g/mol. The first-order valence-electron chi connectivity index (χ1n) is 8.35. The second-order valence-corrected chi connectivity index (χ2v) is 14.0. The Bertz CT molecular complexity index is 718. The standard InChI is InChI=1S/2C6H10O7.3Na.11H2O.2O.2Sb/c2*7-1-2(8)3(9)4(10)5(11)6(12)13;;;;;;;;;;;;;;;;;;/h2*2-5,7-8,10H,1H2,(H,12,13);;;;11*1H2;;;;/q2*-2;;;;;;;;;;;;;;;;;2*+3/p-2/t2*2-,3-,4-,5-;;;;;;;;;;;;;;;;;;/m11................../s1. The predicted molar refractivity (Wildman–Crippen MR) is 140 cm³/mol. The van der Waals surface area contributed by atoms with Crippen molar-refractivity contribution in [3.63, 3.8) is 0 Å². The van der Waals surface area contributed by atoms with Gasteiger partial charge in [0.1, 0.15) is 0 Å². The summed E-state index contributed by atoms with van der Waals surface area (Å²) in [6.07, 6.45) is -20.8. The first-order chi connectivity index (χ1) is 14.6. The SMILES string of the molecule is O.O.O.O.O.O.O.O.O.O=C(O)[C@@H]1[O][Sb](=[O])([OH])[O][C@H]([C@H](O)CO)[C@@H](O)[C@H](C(=O)O)[O][Sb](=[O])([OH])[O][C@H]([C@H](O)CO)[C@H]1O.[Na].[Na].[Na]. The van der Waals surface area contributed by atoms with Crippen LogP contribution in [-0.2, 0) is 27.7 Å². The molecule has 44 heavy (non-hydrogen) atoms. The van der Waals surface area contributed by atoms with Crippen molar-refractivity contribution in [2.24, 2.45) is 0 Å². The van der Waals surface area contributed by atoms with Crippen LogP contribution in [0.3, 0.4) is 0 Å². The van der Waals surface area contributed by atoms with E-state index in [1.54, 1.807) is 0 Å². The van der Waals surface area contributed by atoms with Gasteiger partial charge in [0.15, 0.2) is 0 Å². The van der Waals surface area contributed by atoms with Gasteiger partial charge in [0.05, 0.1) is 0 Å². The van der Waals surface area contributed by atoms with Gasteiger partial charge in [0, 0.05) is 88.7 Å². The first-order valence-corrected chi connectivity index (χ1v) is 16.9. The zero-order chi connectivity index (χ0) is 25.0. The van der Waals surface area contributed by atoms with E-state index in [9.17, 15) is 53.0 Å². The van der Waals surface area contributed by atoms with Crippen LogP contribution in [0.1, 0.15) is 0 Å². The van der Waals surface area contributed by atoms with Crippen LogP contribution in [0.15, 0.2) is 0 Å². The topological polar surface area (TPSA) is 591 Å². The summed E-state index contributed by atoms with van der Waals surface area (Å²) in [5.41, 5.74) is 0. The molecule has 3 radical (unpaired) electrons. The number of carboxylic acid groups (broad SMARTS) is 2. The summed E-state index contributed by atoms with van der Waals surface area (Å²) in [5, 5.41) is 76.4. The van der Waals surface area contributed by atoms with E-state index in [0.29, 0.717) is 0 Å². The molecule has 1 aliphatic rings. The maximum absolute atomic E-state index is 12.3. The van der Waals surface area contributed by atoms with E-state index >= 15 is 0 Å². The van der Waals surface area contributed by atoms with Crippen molar-refractivity contribution in [3.05, 3.63) is 0 Å². The molecule has 2 unspecified atom stereocenters. The molecule has 0 aliphatic carbocycles. The summed E-state index contributed by atoms with van der Waals surface area (Å²) in [6, 6.07) is 0. The van der Waals surface area contributed by atoms with Crippen molar-refractivity contribution in [2.45, 2.75) is 48.8 Å². The van der Waals surface area contributed by atoms with Crippen LogP contribution in [0.25, 0.3) is 0 Å². The number of aliphatic carboxylic acids is 2. The minimum atomic E-state index is -6.84. The van der Waals surface area contributed by atoms with Crippen LogP contribution in [-0.4, -0.2) is 300 Å². The first kappa shape index (κ1) is 80.8. The third-order valence-electron chi connectivity index (χ3n) is 3.92. The van der Waals surface area contributed by atoms with Gasteiger partial charge in [-0.1, -0.05) is 0 Å². The molecular formula is C12H40Na3O27Sb2. The molecule has 0 aromatic carbocycles. The number of aliphatic hydroxyl groups is 6. The van der Waals surface area contributed by atoms with Gasteiger partial charge >= 0.3 is 189 Å². The Kier molecular flexibility index (Phi) is 64.6. The minimum absolute atomic E-state index is 0. The summed E-state index contributed by atoms with van der Waals surface area (Å²) >= 11 is -13.7. The average molecular weight is 929 g/mol. The second kappa shape index (κ2) is 35.2. The van der Waals surface area contributed by atoms with Gasteiger partial charge in [0.2, 0.25) is 0 Å². The van der Waals surface area contributed by atoms with Gasteiger partial charge in [-0.3, -0.25) is 0 Å². The summed E-state index contributed by atoms with van der Waals surface area (Å²) in [7, 11) is 0. The van der Waals surface area contributed by atoms with Crippen molar-refractivity contribution in [3.8, 4) is 0 Å². The van der Waals surface area contributed by atoms with Gasteiger partial charge in [0.25, 0.3) is 0 Å². The van der Waals surface area contributed by atoms with E-state index in [-0.39, 0.29) is 138 Å². The van der Waals surface area contributed by atoms with Gasteiger partial charge < -0.3 is 49.3 Å². The van der Waals surface area contributed by atoms with Crippen LogP contribution in [0.4, 0.5) is 0 Å².